The number of hydrogen-bond donors (Lipinski definition) is 2. The van der Waals surface area contributed by atoms with Gasteiger partial charge in [0.2, 0.25) is 0 Å². The number of benzene rings is 2. The molecule has 0 aromatic heterocycles. The van der Waals surface area contributed by atoms with Gasteiger partial charge in [-0.05, 0) is 36.5 Å². The van der Waals surface area contributed by atoms with E-state index in [9.17, 15) is 0 Å². The molecule has 1 atom stereocenters. The molecule has 3 N–H and O–H groups in total. The third kappa shape index (κ3) is 6.42. The molecule has 1 heterocycles. The van der Waals surface area contributed by atoms with Crippen molar-refractivity contribution in [2.45, 2.75) is 19.8 Å². The number of anilines is 2. The molecular weight excluding hydrogens is 479 g/mol. The average Bonchev–Trinajstić information content (AvgIpc) is 3.21. The zero-order chi connectivity index (χ0) is 19.9. The minimum atomic E-state index is 0. The normalized spacial score (nSPS) is 16.3. The number of ether oxygens (including phenoxy) is 2. The van der Waals surface area contributed by atoms with Gasteiger partial charge in [-0.2, -0.15) is 0 Å². The monoisotopic (exact) mass is 510 g/mol. The van der Waals surface area contributed by atoms with Crippen LogP contribution in [0.5, 0.6) is 11.5 Å². The summed E-state index contributed by atoms with van der Waals surface area (Å²) in [6, 6.07) is 14.3. The maximum absolute atomic E-state index is 6.07. The summed E-state index contributed by atoms with van der Waals surface area (Å²) in [5.74, 6) is 2.54. The Morgan fingerprint density at radius 3 is 2.38 bits per heavy atom. The second kappa shape index (κ2) is 11.1. The summed E-state index contributed by atoms with van der Waals surface area (Å²) in [5.41, 5.74) is 9.46. The first-order valence-electron chi connectivity index (χ1n) is 9.75. The van der Waals surface area contributed by atoms with E-state index in [-0.39, 0.29) is 24.0 Å². The topological polar surface area (TPSA) is 72.1 Å². The highest BCUT2D eigenvalue weighted by Gasteiger charge is 2.23. The molecule has 0 amide bonds. The zero-order valence-corrected chi connectivity index (χ0v) is 19.7. The average molecular weight is 510 g/mol. The summed E-state index contributed by atoms with van der Waals surface area (Å²) in [6.07, 6.45) is 2.11. The van der Waals surface area contributed by atoms with Gasteiger partial charge in [-0.25, -0.2) is 0 Å². The van der Waals surface area contributed by atoms with Gasteiger partial charge in [-0.1, -0.05) is 19.1 Å². The maximum Gasteiger partial charge on any atom is 0.193 e. The molecule has 6 nitrogen and oxygen atoms in total. The highest BCUT2D eigenvalue weighted by atomic mass is 127. The molecule has 2 aromatic rings. The number of guanidine groups is 1. The van der Waals surface area contributed by atoms with E-state index >= 15 is 0 Å². The number of nitrogens with zero attached hydrogens (tertiary/aromatic N) is 2. The molecule has 1 saturated heterocycles. The summed E-state index contributed by atoms with van der Waals surface area (Å²) in [4.78, 5) is 6.89. The van der Waals surface area contributed by atoms with Gasteiger partial charge in [0.25, 0.3) is 0 Å². The number of nitrogens with two attached hydrogens (primary N) is 1. The van der Waals surface area contributed by atoms with Crippen molar-refractivity contribution in [2.75, 3.05) is 44.1 Å². The van der Waals surface area contributed by atoms with Gasteiger partial charge >= 0.3 is 0 Å². The molecule has 1 unspecified atom stereocenters. The van der Waals surface area contributed by atoms with Crippen LogP contribution in [0, 0.1) is 5.92 Å². The van der Waals surface area contributed by atoms with Crippen LogP contribution in [0.2, 0.25) is 0 Å². The van der Waals surface area contributed by atoms with E-state index in [1.807, 2.05) is 30.3 Å². The van der Waals surface area contributed by atoms with Crippen LogP contribution in [0.4, 0.5) is 11.4 Å². The number of nitrogens with one attached hydrogen (secondary N) is 1. The van der Waals surface area contributed by atoms with E-state index in [0.717, 1.165) is 48.8 Å². The zero-order valence-electron chi connectivity index (χ0n) is 17.4. The largest absolute Gasteiger partial charge is 0.497 e. The summed E-state index contributed by atoms with van der Waals surface area (Å²) in [5, 5.41) is 3.17. The molecule has 0 aliphatic carbocycles. The lowest BCUT2D eigenvalue weighted by molar-refractivity contribution is 0.394. The van der Waals surface area contributed by atoms with Crippen LogP contribution in [0.3, 0.4) is 0 Å². The van der Waals surface area contributed by atoms with Gasteiger partial charge in [0.15, 0.2) is 5.96 Å². The molecule has 1 aliphatic heterocycles. The Morgan fingerprint density at radius 1 is 1.14 bits per heavy atom. The molecule has 2 aromatic carbocycles. The molecule has 1 fully saturated rings. The fourth-order valence-corrected chi connectivity index (χ4v) is 3.43. The SMILES string of the molecule is CCc1ccc(NC(N)=NCC2CCN(c3cc(OC)cc(OC)c3)C2)cc1.I. The predicted octanol–water partition coefficient (Wildman–Crippen LogP) is 4.14. The molecule has 0 radical (unpaired) electrons. The number of hydrogen-bond acceptors (Lipinski definition) is 4. The lowest BCUT2D eigenvalue weighted by atomic mass is 10.1. The van der Waals surface area contributed by atoms with Crippen molar-refractivity contribution < 1.29 is 9.47 Å². The van der Waals surface area contributed by atoms with Crippen LogP contribution >= 0.6 is 24.0 Å². The summed E-state index contributed by atoms with van der Waals surface area (Å²) >= 11 is 0. The highest BCUT2D eigenvalue weighted by molar-refractivity contribution is 14.0. The van der Waals surface area contributed by atoms with Gasteiger partial charge in [0, 0.05) is 49.2 Å². The maximum atomic E-state index is 6.07. The van der Waals surface area contributed by atoms with Crippen molar-refractivity contribution in [3.63, 3.8) is 0 Å². The van der Waals surface area contributed by atoms with E-state index in [1.165, 1.54) is 5.56 Å². The first-order chi connectivity index (χ1) is 13.6. The first kappa shape index (κ1) is 23.1. The van der Waals surface area contributed by atoms with Crippen molar-refractivity contribution in [1.82, 2.24) is 0 Å². The van der Waals surface area contributed by atoms with E-state index in [0.29, 0.717) is 18.4 Å². The lowest BCUT2D eigenvalue weighted by Gasteiger charge is -2.20. The predicted molar refractivity (Wildman–Crippen MR) is 131 cm³/mol. The number of halogens is 1. The van der Waals surface area contributed by atoms with E-state index in [4.69, 9.17) is 15.2 Å². The molecular formula is C22H31IN4O2. The number of aliphatic imine (C=N–C) groups is 1. The first-order valence-corrected chi connectivity index (χ1v) is 9.75. The minimum Gasteiger partial charge on any atom is -0.497 e. The molecule has 0 spiro atoms. The lowest BCUT2D eigenvalue weighted by Crippen LogP contribution is -2.25. The van der Waals surface area contributed by atoms with Gasteiger partial charge < -0.3 is 25.4 Å². The van der Waals surface area contributed by atoms with Crippen LogP contribution in [0.25, 0.3) is 0 Å². The fraction of sp³-hybridized carbons (Fsp3) is 0.409. The minimum absolute atomic E-state index is 0. The quantitative estimate of drug-likeness (QED) is 0.333. The van der Waals surface area contributed by atoms with Crippen LogP contribution < -0.4 is 25.4 Å². The summed E-state index contributed by atoms with van der Waals surface area (Å²) in [7, 11) is 3.34. The molecule has 158 valence electrons. The molecule has 1 aliphatic rings. The van der Waals surface area contributed by atoms with E-state index < -0.39 is 0 Å². The van der Waals surface area contributed by atoms with Gasteiger partial charge in [0.05, 0.1) is 14.2 Å². The van der Waals surface area contributed by atoms with Crippen molar-refractivity contribution in [1.29, 1.82) is 0 Å². The fourth-order valence-electron chi connectivity index (χ4n) is 3.43. The summed E-state index contributed by atoms with van der Waals surface area (Å²) in [6.45, 7) is 4.79. The van der Waals surface area contributed by atoms with Gasteiger partial charge in [0.1, 0.15) is 11.5 Å². The smallest absolute Gasteiger partial charge is 0.193 e. The number of aryl methyl sites for hydroxylation is 1. The Bertz CT molecular complexity index is 789. The van der Waals surface area contributed by atoms with Crippen molar-refractivity contribution in [3.05, 3.63) is 48.0 Å². The van der Waals surface area contributed by atoms with Crippen molar-refractivity contribution in [3.8, 4) is 11.5 Å². The summed E-state index contributed by atoms with van der Waals surface area (Å²) < 4.78 is 10.8. The molecule has 29 heavy (non-hydrogen) atoms. The van der Waals surface area contributed by atoms with E-state index in [1.54, 1.807) is 14.2 Å². The van der Waals surface area contributed by atoms with Crippen LogP contribution in [-0.2, 0) is 6.42 Å². The Morgan fingerprint density at radius 2 is 1.79 bits per heavy atom. The third-order valence-electron chi connectivity index (χ3n) is 5.14. The molecule has 7 heteroatoms. The highest BCUT2D eigenvalue weighted by Crippen LogP contribution is 2.31. The van der Waals surface area contributed by atoms with Crippen LogP contribution in [-0.4, -0.2) is 39.8 Å². The van der Waals surface area contributed by atoms with Gasteiger partial charge in [-0.3, -0.25) is 4.99 Å². The van der Waals surface area contributed by atoms with Crippen molar-refractivity contribution >= 4 is 41.3 Å². The van der Waals surface area contributed by atoms with Crippen molar-refractivity contribution in [2.24, 2.45) is 16.6 Å². The second-order valence-electron chi connectivity index (χ2n) is 7.07. The number of methoxy groups -OCH3 is 2. The molecule has 3 rings (SSSR count). The Labute approximate surface area is 190 Å². The van der Waals surface area contributed by atoms with Crippen LogP contribution in [0.1, 0.15) is 18.9 Å². The second-order valence-corrected chi connectivity index (χ2v) is 7.07. The van der Waals surface area contributed by atoms with Gasteiger partial charge in [-0.15, -0.1) is 24.0 Å². The van der Waals surface area contributed by atoms with E-state index in [2.05, 4.69) is 34.3 Å². The standard InChI is InChI=1S/C22H30N4O2.HI/c1-4-16-5-7-18(8-6-16)25-22(23)24-14-17-9-10-26(15-17)19-11-20(27-2)13-21(12-19)28-3;/h5-8,11-13,17H,4,9-10,14-15H2,1-3H3,(H3,23,24,25);1H. The Balaban J connectivity index is 0.00000300. The van der Waals surface area contributed by atoms with Crippen LogP contribution in [0.15, 0.2) is 47.5 Å². The molecule has 0 saturated carbocycles. The Kier molecular flexibility index (Phi) is 8.88. The third-order valence-corrected chi connectivity index (χ3v) is 5.14. The molecule has 0 bridgehead atoms. The Hall–Kier alpha value is -2.16. The number of rotatable bonds is 7.